The molecule has 5 rings (SSSR count). The van der Waals surface area contributed by atoms with Crippen LogP contribution in [-0.4, -0.2) is 46.2 Å². The van der Waals surface area contributed by atoms with Crippen LogP contribution in [0.4, 0.5) is 0 Å². The fourth-order valence-corrected chi connectivity index (χ4v) is 6.98. The summed E-state index contributed by atoms with van der Waals surface area (Å²) in [6, 6.07) is 11.3. The Bertz CT molecular complexity index is 1210. The number of benzene rings is 1. The Kier molecular flexibility index (Phi) is 7.34. The van der Waals surface area contributed by atoms with Crippen molar-refractivity contribution in [1.82, 2.24) is 25.7 Å². The zero-order valence-corrected chi connectivity index (χ0v) is 21.1. The van der Waals surface area contributed by atoms with E-state index in [1.54, 1.807) is 11.3 Å². The fourth-order valence-electron chi connectivity index (χ4n) is 4.88. The monoisotopic (exact) mass is 497 g/mol. The van der Waals surface area contributed by atoms with Gasteiger partial charge in [0.05, 0.1) is 16.9 Å². The number of amides is 1. The van der Waals surface area contributed by atoms with Gasteiger partial charge in [-0.25, -0.2) is 4.98 Å². The molecule has 1 aliphatic carbocycles. The summed E-state index contributed by atoms with van der Waals surface area (Å²) in [5.74, 6) is 1.69. The summed E-state index contributed by atoms with van der Waals surface area (Å²) in [4.78, 5) is 36.7. The number of carbonyl (C=O) groups excluding carboxylic acids is 1. The highest BCUT2D eigenvalue weighted by atomic mass is 32.2. The number of thioether (sulfide) groups is 1. The minimum absolute atomic E-state index is 0.0343. The summed E-state index contributed by atoms with van der Waals surface area (Å²) in [6.45, 7) is 0.745. The van der Waals surface area contributed by atoms with Gasteiger partial charge in [-0.05, 0) is 49.7 Å². The SMILES string of the molecule is CN(CCCC1CC(c2ccccc2)NN1)C(=O)CSCc1nc2sc3c(c2c(=O)[nH]1)CCC3. The number of aryl methyl sites for hydroxylation is 2. The minimum Gasteiger partial charge on any atom is -0.345 e. The first kappa shape index (κ1) is 23.5. The van der Waals surface area contributed by atoms with Crippen molar-refractivity contribution in [3.63, 3.8) is 0 Å². The molecule has 1 aliphatic heterocycles. The van der Waals surface area contributed by atoms with Crippen LogP contribution in [0.2, 0.25) is 0 Å². The molecule has 3 aromatic rings. The van der Waals surface area contributed by atoms with E-state index in [1.165, 1.54) is 27.8 Å². The van der Waals surface area contributed by atoms with Gasteiger partial charge >= 0.3 is 0 Å². The zero-order chi connectivity index (χ0) is 23.5. The van der Waals surface area contributed by atoms with Gasteiger partial charge < -0.3 is 9.88 Å². The van der Waals surface area contributed by atoms with E-state index in [4.69, 9.17) is 0 Å². The minimum atomic E-state index is -0.0343. The van der Waals surface area contributed by atoms with Gasteiger partial charge in [0.2, 0.25) is 5.91 Å². The van der Waals surface area contributed by atoms with Crippen LogP contribution < -0.4 is 16.4 Å². The van der Waals surface area contributed by atoms with Gasteiger partial charge in [0.1, 0.15) is 10.7 Å². The van der Waals surface area contributed by atoms with Crippen LogP contribution in [0.5, 0.6) is 0 Å². The van der Waals surface area contributed by atoms with Gasteiger partial charge in [-0.2, -0.15) is 0 Å². The molecule has 7 nitrogen and oxygen atoms in total. The van der Waals surface area contributed by atoms with E-state index in [-0.39, 0.29) is 11.5 Å². The first-order chi connectivity index (χ1) is 16.6. The predicted octanol–water partition coefficient (Wildman–Crippen LogP) is 3.55. The van der Waals surface area contributed by atoms with Crippen LogP contribution in [0.3, 0.4) is 0 Å². The topological polar surface area (TPSA) is 90.1 Å². The molecule has 0 saturated carbocycles. The Hall–Kier alpha value is -2.20. The molecule has 1 fully saturated rings. The quantitative estimate of drug-likeness (QED) is 0.419. The lowest BCUT2D eigenvalue weighted by Crippen LogP contribution is -2.33. The van der Waals surface area contributed by atoms with Crippen molar-refractivity contribution < 1.29 is 4.79 Å². The highest BCUT2D eigenvalue weighted by Crippen LogP contribution is 2.34. The normalized spacial score (nSPS) is 19.6. The number of thiophene rings is 1. The average Bonchev–Trinajstić information content (AvgIpc) is 3.56. The Labute approximate surface area is 207 Å². The highest BCUT2D eigenvalue weighted by Gasteiger charge is 2.25. The van der Waals surface area contributed by atoms with Crippen molar-refractivity contribution in [2.24, 2.45) is 0 Å². The number of hydrogen-bond acceptors (Lipinski definition) is 7. The van der Waals surface area contributed by atoms with Gasteiger partial charge in [0.15, 0.2) is 0 Å². The molecule has 1 aromatic carbocycles. The molecular formula is C25H31N5O2S2. The van der Waals surface area contributed by atoms with Crippen molar-refractivity contribution in [2.75, 3.05) is 19.3 Å². The first-order valence-electron chi connectivity index (χ1n) is 12.0. The Morgan fingerprint density at radius 2 is 2.09 bits per heavy atom. The molecule has 1 saturated heterocycles. The third-order valence-corrected chi connectivity index (χ3v) is 8.86. The second-order valence-electron chi connectivity index (χ2n) is 9.19. The summed E-state index contributed by atoms with van der Waals surface area (Å²) in [5, 5.41) is 0.782. The van der Waals surface area contributed by atoms with Crippen molar-refractivity contribution in [1.29, 1.82) is 0 Å². The van der Waals surface area contributed by atoms with Crippen LogP contribution >= 0.6 is 23.1 Å². The number of aromatic amines is 1. The average molecular weight is 498 g/mol. The third kappa shape index (κ3) is 5.22. The summed E-state index contributed by atoms with van der Waals surface area (Å²) in [7, 11) is 1.87. The van der Waals surface area contributed by atoms with E-state index in [0.29, 0.717) is 29.4 Å². The standard InChI is InChI=1S/C25H31N5O2S2/c1-30(12-6-9-17-13-19(29-28-17)16-7-3-2-4-8-16)22(31)15-33-14-21-26-24(32)23-18-10-5-11-20(18)34-25(23)27-21/h2-4,7-8,17,19,28-29H,5-6,9-15H2,1H3,(H,26,27,32). The van der Waals surface area contributed by atoms with E-state index in [0.717, 1.165) is 55.3 Å². The molecule has 2 atom stereocenters. The predicted molar refractivity (Wildman–Crippen MR) is 139 cm³/mol. The molecular weight excluding hydrogens is 466 g/mol. The van der Waals surface area contributed by atoms with E-state index in [2.05, 4.69) is 45.1 Å². The van der Waals surface area contributed by atoms with Crippen LogP contribution in [0.25, 0.3) is 10.2 Å². The number of H-pyrrole nitrogens is 1. The second kappa shape index (κ2) is 10.6. The number of nitrogens with one attached hydrogen (secondary N) is 3. The molecule has 2 aromatic heterocycles. The van der Waals surface area contributed by atoms with Gasteiger partial charge in [0.25, 0.3) is 5.56 Å². The van der Waals surface area contributed by atoms with Crippen LogP contribution in [0, 0.1) is 0 Å². The molecule has 2 aliphatic rings. The third-order valence-electron chi connectivity index (χ3n) is 6.74. The van der Waals surface area contributed by atoms with E-state index >= 15 is 0 Å². The molecule has 34 heavy (non-hydrogen) atoms. The molecule has 3 heterocycles. The van der Waals surface area contributed by atoms with E-state index in [9.17, 15) is 9.59 Å². The number of aromatic nitrogens is 2. The van der Waals surface area contributed by atoms with Gasteiger partial charge in [-0.1, -0.05) is 30.3 Å². The van der Waals surface area contributed by atoms with Crippen molar-refractivity contribution in [3.05, 3.63) is 62.5 Å². The maximum Gasteiger partial charge on any atom is 0.259 e. The van der Waals surface area contributed by atoms with Gasteiger partial charge in [-0.15, -0.1) is 23.1 Å². The molecule has 3 N–H and O–H groups in total. The smallest absolute Gasteiger partial charge is 0.259 e. The maximum absolute atomic E-state index is 12.6. The lowest BCUT2D eigenvalue weighted by atomic mass is 10.00. The number of nitrogens with zero attached hydrogens (tertiary/aromatic N) is 2. The summed E-state index contributed by atoms with van der Waals surface area (Å²) in [5.41, 5.74) is 9.26. The second-order valence-corrected chi connectivity index (χ2v) is 11.3. The number of carbonyl (C=O) groups is 1. The van der Waals surface area contributed by atoms with Crippen LogP contribution in [0.1, 0.15) is 53.6 Å². The summed E-state index contributed by atoms with van der Waals surface area (Å²) >= 11 is 3.16. The number of rotatable bonds is 9. The summed E-state index contributed by atoms with van der Waals surface area (Å²) < 4.78 is 0. The van der Waals surface area contributed by atoms with Gasteiger partial charge in [-0.3, -0.25) is 20.4 Å². The lowest BCUT2D eigenvalue weighted by Gasteiger charge is -2.18. The fraction of sp³-hybridized carbons (Fsp3) is 0.480. The Morgan fingerprint density at radius 1 is 1.24 bits per heavy atom. The largest absolute Gasteiger partial charge is 0.345 e. The summed E-state index contributed by atoms with van der Waals surface area (Å²) in [6.07, 6.45) is 6.21. The molecule has 2 unspecified atom stereocenters. The highest BCUT2D eigenvalue weighted by molar-refractivity contribution is 7.99. The molecule has 0 radical (unpaired) electrons. The number of hydrazine groups is 1. The van der Waals surface area contributed by atoms with Crippen molar-refractivity contribution >= 4 is 39.2 Å². The molecule has 9 heteroatoms. The van der Waals surface area contributed by atoms with Crippen LogP contribution in [0.15, 0.2) is 35.1 Å². The van der Waals surface area contributed by atoms with Crippen molar-refractivity contribution in [3.8, 4) is 0 Å². The van der Waals surface area contributed by atoms with Crippen LogP contribution in [-0.2, 0) is 23.4 Å². The number of fused-ring (bicyclic) bond motifs is 3. The lowest BCUT2D eigenvalue weighted by molar-refractivity contribution is -0.127. The van der Waals surface area contributed by atoms with E-state index < -0.39 is 0 Å². The molecule has 180 valence electrons. The molecule has 0 spiro atoms. The first-order valence-corrected chi connectivity index (χ1v) is 14.0. The number of hydrogen-bond donors (Lipinski definition) is 3. The van der Waals surface area contributed by atoms with E-state index in [1.807, 2.05) is 18.0 Å². The van der Waals surface area contributed by atoms with Gasteiger partial charge in [0, 0.05) is 30.6 Å². The zero-order valence-electron chi connectivity index (χ0n) is 19.4. The molecule has 0 bridgehead atoms. The maximum atomic E-state index is 12.6. The molecule has 1 amide bonds. The Morgan fingerprint density at radius 3 is 2.94 bits per heavy atom. The van der Waals surface area contributed by atoms with Crippen molar-refractivity contribution in [2.45, 2.75) is 56.4 Å². The Balaban J connectivity index is 1.04.